The Morgan fingerprint density at radius 3 is 2.17 bits per heavy atom. The number of hydrogen-bond donors (Lipinski definition) is 2. The van der Waals surface area contributed by atoms with Gasteiger partial charge in [0.2, 0.25) is 0 Å². The Morgan fingerprint density at radius 2 is 1.78 bits per heavy atom. The van der Waals surface area contributed by atoms with Crippen molar-refractivity contribution in [3.63, 3.8) is 0 Å². The molecule has 0 bridgehead atoms. The summed E-state index contributed by atoms with van der Waals surface area (Å²) in [5.41, 5.74) is -0.00118. The molecule has 1 atom stereocenters. The summed E-state index contributed by atoms with van der Waals surface area (Å²) in [7, 11) is 4.13. The normalized spacial score (nSPS) is 11.8. The number of carbonyl (C=O) groups is 1. The van der Waals surface area contributed by atoms with Crippen LogP contribution in [0.4, 0.5) is 0 Å². The first-order valence-electron chi connectivity index (χ1n) is 4.87. The summed E-state index contributed by atoms with van der Waals surface area (Å²) < 4.78 is 15.7. The molecular formula is C11H13BrO6. The molecule has 0 amide bonds. The van der Waals surface area contributed by atoms with Crippen LogP contribution in [0, 0.1) is 0 Å². The van der Waals surface area contributed by atoms with Gasteiger partial charge < -0.3 is 24.4 Å². The number of aliphatic hydroxyl groups is 1. The molecular weight excluding hydrogens is 308 g/mol. The fourth-order valence-electron chi connectivity index (χ4n) is 1.55. The number of benzene rings is 1. The van der Waals surface area contributed by atoms with Crippen LogP contribution in [-0.2, 0) is 4.79 Å². The van der Waals surface area contributed by atoms with E-state index < -0.39 is 12.1 Å². The molecule has 0 aromatic heterocycles. The number of methoxy groups -OCH3 is 3. The minimum atomic E-state index is -1.78. The van der Waals surface area contributed by atoms with E-state index in [0.717, 1.165) is 0 Å². The van der Waals surface area contributed by atoms with E-state index in [1.54, 1.807) is 6.07 Å². The van der Waals surface area contributed by atoms with E-state index in [2.05, 4.69) is 15.9 Å². The minimum Gasteiger partial charge on any atom is -0.495 e. The number of carboxylic acids is 1. The first kappa shape index (κ1) is 14.6. The predicted molar refractivity (Wildman–Crippen MR) is 66.4 cm³/mol. The van der Waals surface area contributed by atoms with Gasteiger partial charge in [0, 0.05) is 6.07 Å². The van der Waals surface area contributed by atoms with E-state index in [1.807, 2.05) is 0 Å². The third kappa shape index (κ3) is 2.51. The Morgan fingerprint density at radius 1 is 1.22 bits per heavy atom. The summed E-state index contributed by atoms with van der Waals surface area (Å²) in [6.45, 7) is 0. The number of rotatable bonds is 5. The standard InChI is InChI=1S/C11H13BrO6/c1-16-6-4-5(12)9(17-2)7(10(6)18-3)8(13)11(14)15/h4,8,13H,1-3H3,(H,14,15). The zero-order valence-electron chi connectivity index (χ0n) is 10.1. The number of halogens is 1. The van der Waals surface area contributed by atoms with Gasteiger partial charge in [-0.1, -0.05) is 0 Å². The average Bonchev–Trinajstić information content (AvgIpc) is 2.36. The SMILES string of the molecule is COc1cc(Br)c(OC)c(C(O)C(=O)O)c1OC. The van der Waals surface area contributed by atoms with Gasteiger partial charge in [-0.25, -0.2) is 4.79 Å². The Balaban J connectivity index is 3.60. The van der Waals surface area contributed by atoms with E-state index in [1.165, 1.54) is 21.3 Å². The molecule has 2 N–H and O–H groups in total. The zero-order valence-corrected chi connectivity index (χ0v) is 11.6. The Kier molecular flexibility index (Phi) is 4.80. The molecule has 0 aliphatic heterocycles. The Labute approximate surface area is 112 Å². The van der Waals surface area contributed by atoms with Crippen molar-refractivity contribution < 1.29 is 29.2 Å². The third-order valence-corrected chi connectivity index (χ3v) is 2.91. The highest BCUT2D eigenvalue weighted by molar-refractivity contribution is 9.10. The molecule has 7 heteroatoms. The molecule has 0 aliphatic rings. The largest absolute Gasteiger partial charge is 0.495 e. The highest BCUT2D eigenvalue weighted by Crippen LogP contribution is 2.45. The second-order valence-corrected chi connectivity index (χ2v) is 4.14. The molecule has 6 nitrogen and oxygen atoms in total. The highest BCUT2D eigenvalue weighted by atomic mass is 79.9. The van der Waals surface area contributed by atoms with E-state index in [-0.39, 0.29) is 17.1 Å². The summed E-state index contributed by atoms with van der Waals surface area (Å²) in [5.74, 6) is -0.817. The number of carboxylic acid groups (broad SMARTS) is 1. The second kappa shape index (κ2) is 5.92. The minimum absolute atomic E-state index is 0.00118. The topological polar surface area (TPSA) is 85.2 Å². The number of aliphatic carboxylic acids is 1. The smallest absolute Gasteiger partial charge is 0.337 e. The average molecular weight is 321 g/mol. The predicted octanol–water partition coefficient (Wildman–Crippen LogP) is 1.59. The number of ether oxygens (including phenoxy) is 3. The van der Waals surface area contributed by atoms with Crippen molar-refractivity contribution in [3.8, 4) is 17.2 Å². The lowest BCUT2D eigenvalue weighted by molar-refractivity contribution is -0.147. The molecule has 18 heavy (non-hydrogen) atoms. The molecule has 0 spiro atoms. The lowest BCUT2D eigenvalue weighted by Gasteiger charge is -2.19. The van der Waals surface area contributed by atoms with Gasteiger partial charge >= 0.3 is 5.97 Å². The van der Waals surface area contributed by atoms with Crippen molar-refractivity contribution in [2.75, 3.05) is 21.3 Å². The van der Waals surface area contributed by atoms with Gasteiger partial charge in [0.15, 0.2) is 17.6 Å². The van der Waals surface area contributed by atoms with Crippen LogP contribution < -0.4 is 14.2 Å². The van der Waals surface area contributed by atoms with E-state index in [9.17, 15) is 9.90 Å². The fraction of sp³-hybridized carbons (Fsp3) is 0.364. The Hall–Kier alpha value is -1.47. The van der Waals surface area contributed by atoms with Crippen LogP contribution in [0.25, 0.3) is 0 Å². The molecule has 0 heterocycles. The third-order valence-electron chi connectivity index (χ3n) is 2.32. The van der Waals surface area contributed by atoms with E-state index >= 15 is 0 Å². The van der Waals surface area contributed by atoms with Gasteiger partial charge in [-0.2, -0.15) is 0 Å². The number of aliphatic hydroxyl groups excluding tert-OH is 1. The summed E-state index contributed by atoms with van der Waals surface area (Å²) in [6, 6.07) is 1.57. The molecule has 100 valence electrons. The lowest BCUT2D eigenvalue weighted by Crippen LogP contribution is -2.14. The van der Waals surface area contributed by atoms with Crippen LogP contribution in [-0.4, -0.2) is 37.5 Å². The Bertz CT molecular complexity index is 459. The molecule has 0 radical (unpaired) electrons. The molecule has 1 rings (SSSR count). The van der Waals surface area contributed by atoms with E-state index in [0.29, 0.717) is 10.2 Å². The van der Waals surface area contributed by atoms with Crippen molar-refractivity contribution in [3.05, 3.63) is 16.1 Å². The van der Waals surface area contributed by atoms with Crippen molar-refractivity contribution in [1.82, 2.24) is 0 Å². The van der Waals surface area contributed by atoms with Crippen LogP contribution in [0.2, 0.25) is 0 Å². The first-order valence-corrected chi connectivity index (χ1v) is 5.66. The maximum atomic E-state index is 10.9. The van der Waals surface area contributed by atoms with E-state index in [4.69, 9.17) is 19.3 Å². The second-order valence-electron chi connectivity index (χ2n) is 3.28. The van der Waals surface area contributed by atoms with Crippen LogP contribution in [0.15, 0.2) is 10.5 Å². The van der Waals surface area contributed by atoms with Crippen molar-refractivity contribution in [1.29, 1.82) is 0 Å². The maximum absolute atomic E-state index is 10.9. The molecule has 0 aliphatic carbocycles. The first-order chi connectivity index (χ1) is 8.47. The maximum Gasteiger partial charge on any atom is 0.337 e. The summed E-state index contributed by atoms with van der Waals surface area (Å²) in [6.07, 6.45) is -1.78. The van der Waals surface area contributed by atoms with Gasteiger partial charge in [-0.05, 0) is 15.9 Å². The summed E-state index contributed by atoms with van der Waals surface area (Å²) >= 11 is 3.22. The monoisotopic (exact) mass is 320 g/mol. The van der Waals surface area contributed by atoms with Crippen LogP contribution >= 0.6 is 15.9 Å². The zero-order chi connectivity index (χ0) is 13.9. The van der Waals surface area contributed by atoms with Gasteiger partial charge in [0.05, 0.1) is 31.4 Å². The van der Waals surface area contributed by atoms with Gasteiger partial charge in [0.25, 0.3) is 0 Å². The van der Waals surface area contributed by atoms with Crippen LogP contribution in [0.1, 0.15) is 11.7 Å². The fourth-order valence-corrected chi connectivity index (χ4v) is 2.14. The molecule has 0 saturated heterocycles. The van der Waals surface area contributed by atoms with Crippen LogP contribution in [0.3, 0.4) is 0 Å². The summed E-state index contributed by atoms with van der Waals surface area (Å²) in [4.78, 5) is 10.9. The van der Waals surface area contributed by atoms with Gasteiger partial charge in [0.1, 0.15) is 5.75 Å². The van der Waals surface area contributed by atoms with Crippen molar-refractivity contribution in [2.45, 2.75) is 6.10 Å². The van der Waals surface area contributed by atoms with Gasteiger partial charge in [-0.15, -0.1) is 0 Å². The van der Waals surface area contributed by atoms with Crippen molar-refractivity contribution >= 4 is 21.9 Å². The van der Waals surface area contributed by atoms with Crippen LogP contribution in [0.5, 0.6) is 17.2 Å². The summed E-state index contributed by atoms with van der Waals surface area (Å²) in [5, 5.41) is 18.6. The molecule has 1 unspecified atom stereocenters. The van der Waals surface area contributed by atoms with Crippen molar-refractivity contribution in [2.24, 2.45) is 0 Å². The highest BCUT2D eigenvalue weighted by Gasteiger charge is 2.29. The quantitative estimate of drug-likeness (QED) is 0.857. The molecule has 1 aromatic carbocycles. The molecule has 1 aromatic rings. The molecule has 0 saturated carbocycles. The van der Waals surface area contributed by atoms with Gasteiger partial charge in [-0.3, -0.25) is 0 Å². The lowest BCUT2D eigenvalue weighted by atomic mass is 10.1. The number of hydrogen-bond acceptors (Lipinski definition) is 5. The molecule has 0 fully saturated rings.